The molecule has 1 atom stereocenters. The molecule has 7 heteroatoms. The van der Waals surface area contributed by atoms with E-state index in [1.165, 1.54) is 0 Å². The van der Waals surface area contributed by atoms with Gasteiger partial charge in [0.2, 0.25) is 0 Å². The Hall–Kier alpha value is -3.06. The Morgan fingerprint density at radius 2 is 2.20 bits per heavy atom. The minimum absolute atomic E-state index is 0.0640. The molecule has 3 heterocycles. The first-order valence-corrected chi connectivity index (χ1v) is 10.2. The maximum absolute atomic E-state index is 12.9. The van der Waals surface area contributed by atoms with Crippen LogP contribution in [-0.4, -0.2) is 64.1 Å². The number of allylic oxidation sites excluding steroid dienone is 1. The molecule has 0 radical (unpaired) electrons. The van der Waals surface area contributed by atoms with E-state index in [1.807, 2.05) is 39.1 Å². The molecule has 1 aliphatic heterocycles. The van der Waals surface area contributed by atoms with E-state index in [-0.39, 0.29) is 12.0 Å². The standard InChI is InChI=1S/C23H29N5O2/c1-6-10-28-21(7-2)19(14-26-28)22(24-8-3)18-13-25-20(12-16(18)4)23(29)27-11-9-17(15-27)30-5/h6-7,10,12-14,17H,2,8-9,11,15H2,1,3-5H3/b10-6-,24-22+. The van der Waals surface area contributed by atoms with E-state index in [0.717, 1.165) is 34.5 Å². The minimum atomic E-state index is -0.0640. The van der Waals surface area contributed by atoms with Crippen molar-refractivity contribution in [3.05, 3.63) is 59.2 Å². The van der Waals surface area contributed by atoms with E-state index in [0.29, 0.717) is 25.3 Å². The van der Waals surface area contributed by atoms with Crippen LogP contribution in [0.4, 0.5) is 0 Å². The summed E-state index contributed by atoms with van der Waals surface area (Å²) < 4.78 is 7.14. The monoisotopic (exact) mass is 407 g/mol. The zero-order valence-corrected chi connectivity index (χ0v) is 18.1. The van der Waals surface area contributed by atoms with E-state index in [1.54, 1.807) is 35.2 Å². The van der Waals surface area contributed by atoms with Crippen molar-refractivity contribution in [1.82, 2.24) is 19.7 Å². The fourth-order valence-corrected chi connectivity index (χ4v) is 3.68. The van der Waals surface area contributed by atoms with Gasteiger partial charge in [0.25, 0.3) is 5.91 Å². The van der Waals surface area contributed by atoms with Crippen molar-refractivity contribution < 1.29 is 9.53 Å². The number of aryl methyl sites for hydroxylation is 1. The van der Waals surface area contributed by atoms with E-state index in [2.05, 4.69) is 16.7 Å². The maximum atomic E-state index is 12.9. The summed E-state index contributed by atoms with van der Waals surface area (Å²) in [6.45, 7) is 11.8. The number of ether oxygens (including phenoxy) is 1. The molecule has 1 fully saturated rings. The number of amides is 1. The predicted molar refractivity (Wildman–Crippen MR) is 120 cm³/mol. The molecule has 7 nitrogen and oxygen atoms in total. The summed E-state index contributed by atoms with van der Waals surface area (Å²) in [7, 11) is 1.68. The highest BCUT2D eigenvalue weighted by molar-refractivity contribution is 6.15. The highest BCUT2D eigenvalue weighted by atomic mass is 16.5. The number of nitrogens with zero attached hydrogens (tertiary/aromatic N) is 5. The molecule has 0 aromatic carbocycles. The SMILES string of the molecule is C=Cc1c(/C(=N/CC)c2cnc(C(=O)N3CCC(OC)C3)cc2C)cnn1/C=C\C. The van der Waals surface area contributed by atoms with Crippen molar-refractivity contribution >= 4 is 23.9 Å². The lowest BCUT2D eigenvalue weighted by atomic mass is 9.99. The first-order valence-electron chi connectivity index (χ1n) is 10.2. The van der Waals surface area contributed by atoms with Crippen molar-refractivity contribution in [3.63, 3.8) is 0 Å². The van der Waals surface area contributed by atoms with Crippen LogP contribution >= 0.6 is 0 Å². The lowest BCUT2D eigenvalue weighted by Gasteiger charge is -2.17. The molecule has 0 bridgehead atoms. The number of methoxy groups -OCH3 is 1. The summed E-state index contributed by atoms with van der Waals surface area (Å²) >= 11 is 0. The molecule has 1 aliphatic rings. The number of pyridine rings is 1. The van der Waals surface area contributed by atoms with Crippen molar-refractivity contribution in [3.8, 4) is 0 Å². The Kier molecular flexibility index (Phi) is 6.95. The normalized spacial score (nSPS) is 17.1. The quantitative estimate of drug-likeness (QED) is 0.659. The van der Waals surface area contributed by atoms with E-state index in [4.69, 9.17) is 9.73 Å². The smallest absolute Gasteiger partial charge is 0.272 e. The second-order valence-electron chi connectivity index (χ2n) is 7.18. The second-order valence-corrected chi connectivity index (χ2v) is 7.18. The van der Waals surface area contributed by atoms with Crippen molar-refractivity contribution in [2.75, 3.05) is 26.7 Å². The molecule has 0 aliphatic carbocycles. The summed E-state index contributed by atoms with van der Waals surface area (Å²) in [5.41, 5.74) is 4.81. The van der Waals surface area contributed by atoms with Crippen LogP contribution < -0.4 is 0 Å². The molecular weight excluding hydrogens is 378 g/mol. The molecule has 30 heavy (non-hydrogen) atoms. The van der Waals surface area contributed by atoms with Crippen LogP contribution in [0.1, 0.15) is 53.1 Å². The molecule has 0 spiro atoms. The van der Waals surface area contributed by atoms with Crippen LogP contribution in [0.3, 0.4) is 0 Å². The fraction of sp³-hybridized carbons (Fsp3) is 0.391. The van der Waals surface area contributed by atoms with Crippen molar-refractivity contribution in [2.24, 2.45) is 4.99 Å². The molecule has 1 amide bonds. The number of aliphatic imine (C=N–C) groups is 1. The number of carbonyl (C=O) groups is 1. The zero-order chi connectivity index (χ0) is 21.7. The highest BCUT2D eigenvalue weighted by Gasteiger charge is 2.28. The Balaban J connectivity index is 1.95. The number of rotatable bonds is 7. The number of aromatic nitrogens is 3. The van der Waals surface area contributed by atoms with E-state index < -0.39 is 0 Å². The summed E-state index contributed by atoms with van der Waals surface area (Å²) in [6, 6.07) is 1.84. The van der Waals surface area contributed by atoms with Crippen LogP contribution in [0, 0.1) is 6.92 Å². The van der Waals surface area contributed by atoms with Gasteiger partial charge in [-0.05, 0) is 44.9 Å². The number of likely N-dealkylation sites (tertiary alicyclic amines) is 1. The number of hydrogen-bond acceptors (Lipinski definition) is 5. The lowest BCUT2D eigenvalue weighted by Crippen LogP contribution is -2.30. The summed E-state index contributed by atoms with van der Waals surface area (Å²) in [6.07, 6.45) is 10.0. The van der Waals surface area contributed by atoms with Crippen LogP contribution in [-0.2, 0) is 4.74 Å². The van der Waals surface area contributed by atoms with Crippen molar-refractivity contribution in [1.29, 1.82) is 0 Å². The van der Waals surface area contributed by atoms with Gasteiger partial charge in [-0.2, -0.15) is 5.10 Å². The van der Waals surface area contributed by atoms with Gasteiger partial charge in [-0.15, -0.1) is 0 Å². The first-order chi connectivity index (χ1) is 14.5. The third-order valence-corrected chi connectivity index (χ3v) is 5.24. The average molecular weight is 408 g/mol. The van der Waals surface area contributed by atoms with Crippen LogP contribution in [0.25, 0.3) is 12.3 Å². The number of carbonyl (C=O) groups excluding carboxylic acids is 1. The molecule has 1 unspecified atom stereocenters. The molecule has 1 saturated heterocycles. The van der Waals surface area contributed by atoms with Gasteiger partial charge in [-0.3, -0.25) is 14.8 Å². The molecule has 2 aromatic heterocycles. The molecule has 158 valence electrons. The summed E-state index contributed by atoms with van der Waals surface area (Å²) in [4.78, 5) is 23.9. The molecular formula is C23H29N5O2. The molecule has 2 aromatic rings. The van der Waals surface area contributed by atoms with Crippen LogP contribution in [0.2, 0.25) is 0 Å². The van der Waals surface area contributed by atoms with Gasteiger partial charge in [0, 0.05) is 50.3 Å². The topological polar surface area (TPSA) is 72.6 Å². The highest BCUT2D eigenvalue weighted by Crippen LogP contribution is 2.21. The lowest BCUT2D eigenvalue weighted by molar-refractivity contribution is 0.0719. The van der Waals surface area contributed by atoms with Gasteiger partial charge >= 0.3 is 0 Å². The Labute approximate surface area is 177 Å². The summed E-state index contributed by atoms with van der Waals surface area (Å²) in [5.74, 6) is -0.0640. The van der Waals surface area contributed by atoms with E-state index in [9.17, 15) is 4.79 Å². The van der Waals surface area contributed by atoms with Crippen molar-refractivity contribution in [2.45, 2.75) is 33.3 Å². The van der Waals surface area contributed by atoms with Gasteiger partial charge in [0.15, 0.2) is 0 Å². The average Bonchev–Trinajstić information content (AvgIpc) is 3.39. The third kappa shape index (κ3) is 4.26. The van der Waals surface area contributed by atoms with E-state index >= 15 is 0 Å². The Morgan fingerprint density at radius 3 is 2.80 bits per heavy atom. The zero-order valence-electron chi connectivity index (χ0n) is 18.1. The third-order valence-electron chi connectivity index (χ3n) is 5.24. The molecule has 3 rings (SSSR count). The van der Waals surface area contributed by atoms with Crippen LogP contribution in [0.15, 0.2) is 36.1 Å². The second kappa shape index (κ2) is 9.63. The minimum Gasteiger partial charge on any atom is -0.380 e. The fourth-order valence-electron chi connectivity index (χ4n) is 3.68. The maximum Gasteiger partial charge on any atom is 0.272 e. The Morgan fingerprint density at radius 1 is 1.40 bits per heavy atom. The van der Waals surface area contributed by atoms with Gasteiger partial charge in [-0.1, -0.05) is 12.7 Å². The predicted octanol–water partition coefficient (Wildman–Crippen LogP) is 3.44. The summed E-state index contributed by atoms with van der Waals surface area (Å²) in [5, 5.41) is 4.43. The first kappa shape index (κ1) is 21.6. The van der Waals surface area contributed by atoms with Gasteiger partial charge in [0.05, 0.1) is 23.7 Å². The Bertz CT molecular complexity index is 989. The van der Waals surface area contributed by atoms with Crippen LogP contribution in [0.5, 0.6) is 0 Å². The van der Waals surface area contributed by atoms with Gasteiger partial charge in [0.1, 0.15) is 5.69 Å². The van der Waals surface area contributed by atoms with Gasteiger partial charge < -0.3 is 9.64 Å². The van der Waals surface area contributed by atoms with Gasteiger partial charge in [-0.25, -0.2) is 4.68 Å². The molecule has 0 saturated carbocycles. The number of hydrogen-bond donors (Lipinski definition) is 0. The molecule has 0 N–H and O–H groups in total. The largest absolute Gasteiger partial charge is 0.380 e.